The number of ether oxygens (including phenoxy) is 2. The van der Waals surface area contributed by atoms with Gasteiger partial charge in [0.25, 0.3) is 5.56 Å². The zero-order valence-corrected chi connectivity index (χ0v) is 24.4. The van der Waals surface area contributed by atoms with Crippen molar-refractivity contribution in [3.8, 4) is 11.8 Å². The van der Waals surface area contributed by atoms with Crippen LogP contribution < -0.4 is 19.6 Å². The summed E-state index contributed by atoms with van der Waals surface area (Å²) in [6.07, 6.45) is -3.60. The van der Waals surface area contributed by atoms with E-state index in [1.54, 1.807) is 12.1 Å². The summed E-state index contributed by atoms with van der Waals surface area (Å²) >= 11 is 13.4. The quantitative estimate of drug-likeness (QED) is 0.320. The summed E-state index contributed by atoms with van der Waals surface area (Å²) < 4.78 is 55.3. The fourth-order valence-electron chi connectivity index (χ4n) is 3.89. The molecule has 0 fully saturated rings. The molecular formula is C25H15Br2ClF3N3O4S. The summed E-state index contributed by atoms with van der Waals surface area (Å²) in [5.41, 5.74) is -2.37. The molecule has 0 spiro atoms. The molecule has 0 saturated carbocycles. The van der Waals surface area contributed by atoms with E-state index in [1.807, 2.05) is 6.07 Å². The number of benzene rings is 2. The Morgan fingerprint density at radius 1 is 1.28 bits per heavy atom. The highest BCUT2D eigenvalue weighted by Crippen LogP contribution is 2.39. The molecule has 1 aliphatic rings. The predicted molar refractivity (Wildman–Crippen MR) is 145 cm³/mol. The molecule has 1 atom stereocenters. The van der Waals surface area contributed by atoms with Crippen LogP contribution in [0.3, 0.4) is 0 Å². The van der Waals surface area contributed by atoms with Gasteiger partial charge in [0, 0.05) is 15.1 Å². The van der Waals surface area contributed by atoms with E-state index >= 15 is 0 Å². The minimum Gasteiger partial charge on any atom is -0.477 e. The molecule has 14 heteroatoms. The van der Waals surface area contributed by atoms with Crippen LogP contribution in [0.2, 0.25) is 5.02 Å². The van der Waals surface area contributed by atoms with Crippen molar-refractivity contribution < 1.29 is 27.4 Å². The summed E-state index contributed by atoms with van der Waals surface area (Å²) in [6.45, 7) is 0.992. The molecule has 0 unspecified atom stereocenters. The normalized spacial score (nSPS) is 15.4. The fourth-order valence-corrected chi connectivity index (χ4v) is 6.38. The maximum atomic E-state index is 14.2. The Kier molecular flexibility index (Phi) is 8.70. The van der Waals surface area contributed by atoms with Gasteiger partial charge in [0.1, 0.15) is 11.8 Å². The molecule has 0 bridgehead atoms. The second-order valence-corrected chi connectivity index (χ2v) is 11.1. The zero-order valence-electron chi connectivity index (χ0n) is 19.7. The van der Waals surface area contributed by atoms with Gasteiger partial charge in [0.15, 0.2) is 17.1 Å². The minimum absolute atomic E-state index is 0.0196. The maximum absolute atomic E-state index is 14.2. The molecule has 202 valence electrons. The zero-order chi connectivity index (χ0) is 28.5. The van der Waals surface area contributed by atoms with Crippen LogP contribution >= 0.6 is 54.8 Å². The van der Waals surface area contributed by atoms with E-state index in [0.717, 1.165) is 4.57 Å². The third-order valence-corrected chi connectivity index (χ3v) is 7.67. The van der Waals surface area contributed by atoms with Crippen LogP contribution in [-0.2, 0) is 9.53 Å². The van der Waals surface area contributed by atoms with Crippen molar-refractivity contribution >= 4 is 66.8 Å². The first-order valence-electron chi connectivity index (χ1n) is 11.0. The molecule has 39 heavy (non-hydrogen) atoms. The molecular weight excluding hydrogens is 691 g/mol. The average Bonchev–Trinajstić information content (AvgIpc) is 3.17. The third kappa shape index (κ3) is 5.99. The lowest BCUT2D eigenvalue weighted by atomic mass is 9.95. The summed E-state index contributed by atoms with van der Waals surface area (Å²) in [6, 6.07) is 9.43. The van der Waals surface area contributed by atoms with Gasteiger partial charge in [-0.15, -0.1) is 0 Å². The second kappa shape index (κ2) is 11.7. The summed E-state index contributed by atoms with van der Waals surface area (Å²) in [5, 5.41) is 9.26. The molecule has 1 aliphatic heterocycles. The molecule has 1 aromatic heterocycles. The van der Waals surface area contributed by atoms with Crippen molar-refractivity contribution in [2.24, 2.45) is 4.99 Å². The highest BCUT2D eigenvalue weighted by Gasteiger charge is 2.45. The second-order valence-electron chi connectivity index (χ2n) is 7.87. The molecule has 2 aromatic carbocycles. The smallest absolute Gasteiger partial charge is 0.434 e. The number of hydrogen-bond donors (Lipinski definition) is 0. The van der Waals surface area contributed by atoms with E-state index in [-0.39, 0.29) is 33.9 Å². The van der Waals surface area contributed by atoms with E-state index in [0.29, 0.717) is 30.9 Å². The first-order chi connectivity index (χ1) is 18.5. The number of rotatable bonds is 6. The molecule has 2 heterocycles. The third-order valence-electron chi connectivity index (χ3n) is 5.39. The minimum atomic E-state index is -5.02. The van der Waals surface area contributed by atoms with Gasteiger partial charge in [0.05, 0.1) is 27.2 Å². The number of allylic oxidation sites excluding steroid dienone is 1. The van der Waals surface area contributed by atoms with Crippen LogP contribution in [0, 0.1) is 11.3 Å². The highest BCUT2D eigenvalue weighted by atomic mass is 79.9. The molecule has 7 nitrogen and oxygen atoms in total. The number of fused-ring (bicyclic) bond motifs is 1. The molecule has 0 saturated heterocycles. The van der Waals surface area contributed by atoms with Gasteiger partial charge >= 0.3 is 12.1 Å². The van der Waals surface area contributed by atoms with E-state index < -0.39 is 35.0 Å². The van der Waals surface area contributed by atoms with Crippen LogP contribution in [0.1, 0.15) is 24.1 Å². The summed E-state index contributed by atoms with van der Waals surface area (Å²) in [7, 11) is 0. The predicted octanol–water partition coefficient (Wildman–Crippen LogP) is 5.42. The number of esters is 1. The van der Waals surface area contributed by atoms with Gasteiger partial charge in [-0.3, -0.25) is 9.36 Å². The van der Waals surface area contributed by atoms with Crippen molar-refractivity contribution in [3.63, 3.8) is 0 Å². The lowest BCUT2D eigenvalue weighted by molar-refractivity contribution is -0.140. The summed E-state index contributed by atoms with van der Waals surface area (Å²) in [5.74, 6) is -0.992. The van der Waals surface area contributed by atoms with Crippen molar-refractivity contribution in [3.05, 3.63) is 92.5 Å². The first-order valence-corrected chi connectivity index (χ1v) is 13.8. The Hall–Kier alpha value is -2.92. The number of halogens is 6. The number of alkyl halides is 3. The van der Waals surface area contributed by atoms with Crippen LogP contribution in [0.4, 0.5) is 13.2 Å². The van der Waals surface area contributed by atoms with Crippen molar-refractivity contribution in [1.82, 2.24) is 4.57 Å². The first kappa shape index (κ1) is 29.1. The Morgan fingerprint density at radius 2 is 1.97 bits per heavy atom. The number of carbonyl (C=O) groups is 1. The van der Waals surface area contributed by atoms with Crippen LogP contribution in [0.5, 0.6) is 5.75 Å². The van der Waals surface area contributed by atoms with Gasteiger partial charge in [0.2, 0.25) is 0 Å². The largest absolute Gasteiger partial charge is 0.477 e. The Labute approximate surface area is 244 Å². The van der Waals surface area contributed by atoms with Gasteiger partial charge in [-0.05, 0) is 58.8 Å². The fraction of sp³-hybridized carbons (Fsp3) is 0.200. The lowest BCUT2D eigenvalue weighted by Gasteiger charge is -2.26. The van der Waals surface area contributed by atoms with E-state index in [2.05, 4.69) is 36.9 Å². The monoisotopic (exact) mass is 703 g/mol. The van der Waals surface area contributed by atoms with Crippen molar-refractivity contribution in [1.29, 1.82) is 5.26 Å². The number of carbonyl (C=O) groups excluding carboxylic acids is 1. The van der Waals surface area contributed by atoms with Crippen molar-refractivity contribution in [2.75, 3.05) is 13.2 Å². The van der Waals surface area contributed by atoms with Gasteiger partial charge < -0.3 is 9.47 Å². The number of thiazole rings is 1. The molecule has 0 aliphatic carbocycles. The number of aromatic nitrogens is 1. The topological polar surface area (TPSA) is 93.7 Å². The van der Waals surface area contributed by atoms with Crippen molar-refractivity contribution in [2.45, 2.75) is 19.1 Å². The number of hydrogen-bond acceptors (Lipinski definition) is 7. The Morgan fingerprint density at radius 3 is 2.59 bits per heavy atom. The lowest BCUT2D eigenvalue weighted by Crippen LogP contribution is -2.41. The van der Waals surface area contributed by atoms with E-state index in [4.69, 9.17) is 26.3 Å². The molecule has 0 N–H and O–H groups in total. The van der Waals surface area contributed by atoms with E-state index in [1.165, 1.54) is 37.3 Å². The summed E-state index contributed by atoms with van der Waals surface area (Å²) in [4.78, 5) is 30.1. The van der Waals surface area contributed by atoms with Crippen LogP contribution in [-0.4, -0.2) is 29.9 Å². The molecule has 4 rings (SSSR count). The standard InChI is InChI=1S/C25H15Br2ClF3N3O4S/c1-2-37-23(36)18-19(12-3-5-15(28)6-4-12)34-22(35)17(39-24(34)33-21(18)25(29,30)31)10-13-9-14(26)11-16(27)20(13)38-8-7-32/h3-6,9-11,19H,2,8H2,1H3/b17-10-/t19-/m1/s1. The molecule has 3 aromatic rings. The Bertz CT molecular complexity index is 1710. The Balaban J connectivity index is 2.05. The highest BCUT2D eigenvalue weighted by molar-refractivity contribution is 9.11. The molecule has 0 radical (unpaired) electrons. The maximum Gasteiger partial charge on any atom is 0.434 e. The van der Waals surface area contributed by atoms with Gasteiger partial charge in [-0.25, -0.2) is 9.79 Å². The SMILES string of the molecule is CCOC(=O)C1=C(C(F)(F)F)N=c2s/c(=C\c3cc(Br)cc(Br)c3OCC#N)c(=O)n2[C@@H]1c1ccc(Cl)cc1. The van der Waals surface area contributed by atoms with Crippen LogP contribution in [0.15, 0.2) is 66.4 Å². The number of nitriles is 1. The van der Waals surface area contributed by atoms with Crippen LogP contribution in [0.25, 0.3) is 6.08 Å². The van der Waals surface area contributed by atoms with Gasteiger partial charge in [-0.1, -0.05) is 51.0 Å². The average molecular weight is 706 g/mol. The van der Waals surface area contributed by atoms with E-state index in [9.17, 15) is 22.8 Å². The molecule has 0 amide bonds. The number of nitrogens with zero attached hydrogens (tertiary/aromatic N) is 3. The van der Waals surface area contributed by atoms with Gasteiger partial charge in [-0.2, -0.15) is 18.4 Å².